The Morgan fingerprint density at radius 2 is 1.44 bits per heavy atom. The summed E-state index contributed by atoms with van der Waals surface area (Å²) >= 11 is 0. The van der Waals surface area contributed by atoms with E-state index in [1.54, 1.807) is 0 Å². The minimum atomic E-state index is -5.32. The van der Waals surface area contributed by atoms with E-state index in [0.29, 0.717) is 0 Å². The maximum Gasteiger partial charge on any atom is 0.343 e. The number of rotatable bonds is 7. The molecule has 0 radical (unpaired) electrons. The Kier molecular flexibility index (Phi) is 6.77. The topological polar surface area (TPSA) is 201 Å². The Labute approximate surface area is 100 Å². The van der Waals surface area contributed by atoms with Gasteiger partial charge in [0.2, 0.25) is 0 Å². The molecule has 7 N–H and O–H groups in total. The van der Waals surface area contributed by atoms with Crippen LogP contribution in [0, 0.1) is 0 Å². The van der Waals surface area contributed by atoms with Crippen LogP contribution in [0.4, 0.5) is 0 Å². The highest BCUT2D eigenvalue weighted by atomic mass is 31.2. The number of carbonyl (C=O) groups is 3. The molecule has 0 fully saturated rings. The van der Waals surface area contributed by atoms with Gasteiger partial charge in [0.1, 0.15) is 0 Å². The van der Waals surface area contributed by atoms with E-state index in [2.05, 4.69) is 0 Å². The molecule has 106 valence electrons. The van der Waals surface area contributed by atoms with Gasteiger partial charge in [-0.1, -0.05) is 0 Å². The maximum absolute atomic E-state index is 11.1. The first-order valence-corrected chi connectivity index (χ1v) is 5.87. The Bertz CT molecular complexity index is 384. The monoisotopic (exact) mass is 288 g/mol. The van der Waals surface area contributed by atoms with E-state index < -0.39 is 49.9 Å². The fourth-order valence-electron chi connectivity index (χ4n) is 1.21. The zero-order chi connectivity index (χ0) is 13.9. The molecule has 0 aliphatic rings. The summed E-state index contributed by atoms with van der Waals surface area (Å²) < 4.78 is 11.1. The van der Waals surface area contributed by atoms with Gasteiger partial charge in [-0.3, -0.25) is 18.9 Å². The summed E-state index contributed by atoms with van der Waals surface area (Å²) in [5.41, 5.74) is 0. The molecule has 0 aliphatic carbocycles. The summed E-state index contributed by atoms with van der Waals surface area (Å²) in [5, 5.41) is 22.7. The van der Waals surface area contributed by atoms with Gasteiger partial charge in [-0.15, -0.1) is 0 Å². The number of hydrogen-bond donors (Lipinski definition) is 5. The summed E-state index contributed by atoms with van der Waals surface area (Å²) in [6.07, 6.45) is -3.17. The van der Waals surface area contributed by atoms with Crippen LogP contribution in [-0.4, -0.2) is 53.6 Å². The van der Waals surface area contributed by atoms with E-state index in [1.165, 1.54) is 0 Å². The van der Waals surface area contributed by atoms with Crippen LogP contribution in [0.1, 0.15) is 19.3 Å². The second-order valence-corrected chi connectivity index (χ2v) is 5.29. The van der Waals surface area contributed by atoms with Crippen LogP contribution in [0.2, 0.25) is 0 Å². The smallest absolute Gasteiger partial charge is 0.343 e. The zero-order valence-corrected chi connectivity index (χ0v) is 9.83. The highest BCUT2D eigenvalue weighted by Gasteiger charge is 2.55. The molecule has 10 nitrogen and oxygen atoms in total. The van der Waals surface area contributed by atoms with Gasteiger partial charge in [-0.25, -0.2) is 0 Å². The number of carboxylic acid groups (broad SMARTS) is 3. The van der Waals surface area contributed by atoms with Gasteiger partial charge in [0.15, 0.2) is 5.16 Å². The van der Waals surface area contributed by atoms with Crippen molar-refractivity contribution >= 4 is 25.5 Å². The largest absolute Gasteiger partial charge is 0.481 e. The SMILES string of the molecule is O.O=C(O)CCC(CC(=O)O)(C(=O)O)P(=O)(O)O. The van der Waals surface area contributed by atoms with Crippen LogP contribution in [0.5, 0.6) is 0 Å². The zero-order valence-electron chi connectivity index (χ0n) is 8.94. The number of carboxylic acids is 3. The lowest BCUT2D eigenvalue weighted by atomic mass is 9.98. The quantitative estimate of drug-likeness (QED) is 0.345. The number of hydrogen-bond acceptors (Lipinski definition) is 4. The van der Waals surface area contributed by atoms with Crippen molar-refractivity contribution in [3.8, 4) is 0 Å². The fraction of sp³-hybridized carbons (Fsp3) is 0.571. The average molecular weight is 288 g/mol. The lowest BCUT2D eigenvalue weighted by Crippen LogP contribution is -2.41. The van der Waals surface area contributed by atoms with Crippen molar-refractivity contribution in [2.75, 3.05) is 0 Å². The molecule has 0 heterocycles. The van der Waals surface area contributed by atoms with Crippen LogP contribution in [0.15, 0.2) is 0 Å². The molecule has 0 aromatic heterocycles. The van der Waals surface area contributed by atoms with Crippen LogP contribution < -0.4 is 0 Å². The van der Waals surface area contributed by atoms with E-state index in [-0.39, 0.29) is 5.48 Å². The Balaban J connectivity index is 0. The molecule has 0 amide bonds. The molecule has 0 rings (SSSR count). The standard InChI is InChI=1S/C7H11O9P.H2O/c8-4(9)1-2-7(6(12)13,3-5(10)11)17(14,15)16;/h1-3H2,(H,8,9)(H,10,11)(H,12,13)(H2,14,15,16);1H2. The first-order chi connectivity index (χ1) is 7.53. The molecule has 0 aromatic carbocycles. The predicted molar refractivity (Wildman–Crippen MR) is 55.1 cm³/mol. The fourth-order valence-corrected chi connectivity index (χ4v) is 2.20. The maximum atomic E-state index is 11.1. The summed E-state index contributed by atoms with van der Waals surface area (Å²) in [6, 6.07) is 0. The molecular weight excluding hydrogens is 275 g/mol. The van der Waals surface area contributed by atoms with Crippen molar-refractivity contribution in [1.29, 1.82) is 0 Å². The van der Waals surface area contributed by atoms with Crippen molar-refractivity contribution in [1.82, 2.24) is 0 Å². The molecule has 18 heavy (non-hydrogen) atoms. The lowest BCUT2D eigenvalue weighted by molar-refractivity contribution is -0.148. The van der Waals surface area contributed by atoms with Crippen LogP contribution >= 0.6 is 7.60 Å². The van der Waals surface area contributed by atoms with Crippen LogP contribution in [0.3, 0.4) is 0 Å². The van der Waals surface area contributed by atoms with Crippen LogP contribution in [-0.2, 0) is 18.9 Å². The average Bonchev–Trinajstić information content (AvgIpc) is 2.08. The molecule has 1 unspecified atom stereocenters. The van der Waals surface area contributed by atoms with Gasteiger partial charge in [0.05, 0.1) is 6.42 Å². The van der Waals surface area contributed by atoms with Gasteiger partial charge in [0, 0.05) is 6.42 Å². The third-order valence-electron chi connectivity index (χ3n) is 2.15. The first kappa shape index (κ1) is 18.9. The molecule has 0 bridgehead atoms. The van der Waals surface area contributed by atoms with Crippen molar-refractivity contribution in [3.63, 3.8) is 0 Å². The van der Waals surface area contributed by atoms with Gasteiger partial charge in [-0.05, 0) is 6.42 Å². The molecule has 0 aliphatic heterocycles. The van der Waals surface area contributed by atoms with Crippen molar-refractivity contribution in [2.24, 2.45) is 0 Å². The lowest BCUT2D eigenvalue weighted by Gasteiger charge is -2.27. The van der Waals surface area contributed by atoms with E-state index in [4.69, 9.17) is 25.1 Å². The molecule has 11 heteroatoms. The minimum absolute atomic E-state index is 0. The third-order valence-corrected chi connectivity index (χ3v) is 3.84. The summed E-state index contributed by atoms with van der Waals surface area (Å²) in [4.78, 5) is 49.5. The molecular formula is C7H13O10P. The van der Waals surface area contributed by atoms with Gasteiger partial charge >= 0.3 is 25.5 Å². The predicted octanol–water partition coefficient (Wildman–Crippen LogP) is -1.50. The summed E-state index contributed by atoms with van der Waals surface area (Å²) in [5.74, 6) is -5.25. The molecule has 0 spiro atoms. The normalized spacial score (nSPS) is 14.1. The van der Waals surface area contributed by atoms with E-state index >= 15 is 0 Å². The summed E-state index contributed by atoms with van der Waals surface area (Å²) in [6.45, 7) is 0. The van der Waals surface area contributed by atoms with Crippen molar-refractivity contribution in [3.05, 3.63) is 0 Å². The molecule has 0 saturated carbocycles. The van der Waals surface area contributed by atoms with E-state index in [0.717, 1.165) is 0 Å². The minimum Gasteiger partial charge on any atom is -0.481 e. The third kappa shape index (κ3) is 4.41. The van der Waals surface area contributed by atoms with Gasteiger partial charge < -0.3 is 30.6 Å². The Morgan fingerprint density at radius 3 is 1.67 bits per heavy atom. The van der Waals surface area contributed by atoms with Gasteiger partial charge in [-0.2, -0.15) is 0 Å². The Morgan fingerprint density at radius 1 is 1.00 bits per heavy atom. The second-order valence-electron chi connectivity index (χ2n) is 3.35. The first-order valence-electron chi connectivity index (χ1n) is 4.25. The molecule has 1 atom stereocenters. The van der Waals surface area contributed by atoms with E-state index in [9.17, 15) is 18.9 Å². The Hall–Kier alpha value is -1.48. The highest BCUT2D eigenvalue weighted by Crippen LogP contribution is 2.55. The molecule has 0 saturated heterocycles. The second kappa shape index (κ2) is 6.45. The van der Waals surface area contributed by atoms with Crippen molar-refractivity contribution < 1.29 is 49.5 Å². The van der Waals surface area contributed by atoms with E-state index in [1.807, 2.05) is 0 Å². The van der Waals surface area contributed by atoms with Gasteiger partial charge in [0.25, 0.3) is 0 Å². The molecule has 0 aromatic rings. The summed E-state index contributed by atoms with van der Waals surface area (Å²) in [7, 11) is -5.32. The van der Waals surface area contributed by atoms with Crippen LogP contribution in [0.25, 0.3) is 0 Å². The van der Waals surface area contributed by atoms with Crippen molar-refractivity contribution in [2.45, 2.75) is 24.4 Å². The highest BCUT2D eigenvalue weighted by molar-refractivity contribution is 7.54. The number of aliphatic carboxylic acids is 3.